The zero-order valence-corrected chi connectivity index (χ0v) is 17.6. The van der Waals surface area contributed by atoms with Crippen LogP contribution >= 0.6 is 0 Å². The summed E-state index contributed by atoms with van der Waals surface area (Å²) in [5.74, 6) is 2.04. The fourth-order valence-electron chi connectivity index (χ4n) is 3.73. The second-order valence-electron chi connectivity index (χ2n) is 7.12. The maximum atomic E-state index is 13.6. The molecule has 0 radical (unpaired) electrons. The largest absolute Gasteiger partial charge is 0.480 e. The molecule has 0 amide bonds. The van der Waals surface area contributed by atoms with Crippen LogP contribution in [0.1, 0.15) is 36.6 Å². The highest BCUT2D eigenvalue weighted by Crippen LogP contribution is 2.34. The van der Waals surface area contributed by atoms with Gasteiger partial charge in [0.05, 0.1) is 13.2 Å². The third-order valence-electron chi connectivity index (χ3n) is 5.50. The second-order valence-corrected chi connectivity index (χ2v) is 7.12. The number of ether oxygens (including phenoxy) is 1. The van der Waals surface area contributed by atoms with Gasteiger partial charge in [-0.3, -0.25) is 0 Å². The molecule has 0 saturated carbocycles. The van der Waals surface area contributed by atoms with Crippen molar-refractivity contribution in [3.8, 4) is 5.88 Å². The number of anilines is 1. The number of hydrogen-bond donors (Lipinski definition) is 0. The smallest absolute Gasteiger partial charge is 0.223 e. The lowest BCUT2D eigenvalue weighted by atomic mass is 10.0. The van der Waals surface area contributed by atoms with Gasteiger partial charge in [-0.05, 0) is 55.7 Å². The lowest BCUT2D eigenvalue weighted by molar-refractivity contribution is 0.314. The zero-order chi connectivity index (χ0) is 21.1. The van der Waals surface area contributed by atoms with Crippen molar-refractivity contribution in [1.29, 1.82) is 0 Å². The van der Waals surface area contributed by atoms with E-state index in [0.29, 0.717) is 11.4 Å². The average Bonchev–Trinajstić information content (AvgIpc) is 3.11. The Morgan fingerprint density at radius 1 is 1.28 bits per heavy atom. The minimum Gasteiger partial charge on any atom is -0.480 e. The van der Waals surface area contributed by atoms with Crippen LogP contribution in [-0.2, 0) is 0 Å². The number of hydrogen-bond acceptors (Lipinski definition) is 4. The molecule has 0 spiro atoms. The minimum absolute atomic E-state index is 0.0864. The van der Waals surface area contributed by atoms with E-state index in [4.69, 9.17) is 9.72 Å². The van der Waals surface area contributed by atoms with Crippen LogP contribution in [0, 0.1) is 12.7 Å². The molecule has 0 bridgehead atoms. The van der Waals surface area contributed by atoms with Gasteiger partial charge in [0, 0.05) is 18.7 Å². The molecule has 1 aromatic heterocycles. The van der Waals surface area contributed by atoms with E-state index >= 15 is 0 Å². The first-order valence-corrected chi connectivity index (χ1v) is 9.74. The van der Waals surface area contributed by atoms with Gasteiger partial charge in [0.1, 0.15) is 17.5 Å². The van der Waals surface area contributed by atoms with E-state index in [1.807, 2.05) is 37.3 Å². The fraction of sp³-hybridized carbons (Fsp3) is 0.292. The molecule has 29 heavy (non-hydrogen) atoms. The SMILES string of the molecule is C=C/C(=C\C)c1ccc(N2CCN(C(C)c3ccc(F)c(C)c3)C2=C)nc1OC. The number of halogens is 1. The van der Waals surface area contributed by atoms with E-state index in [1.54, 1.807) is 20.1 Å². The van der Waals surface area contributed by atoms with Crippen molar-refractivity contribution in [2.24, 2.45) is 0 Å². The van der Waals surface area contributed by atoms with Crippen molar-refractivity contribution in [2.45, 2.75) is 26.8 Å². The van der Waals surface area contributed by atoms with Crippen LogP contribution in [0.3, 0.4) is 0 Å². The molecule has 4 nitrogen and oxygen atoms in total. The molecule has 1 fully saturated rings. The summed E-state index contributed by atoms with van der Waals surface area (Å²) in [5, 5.41) is 0. The molecular formula is C24H28FN3O. The third kappa shape index (κ3) is 3.90. The Hall–Kier alpha value is -3.08. The number of nitrogens with zero attached hydrogens (tertiary/aromatic N) is 3. The van der Waals surface area contributed by atoms with Crippen molar-refractivity contribution >= 4 is 11.4 Å². The molecule has 0 aliphatic carbocycles. The number of benzene rings is 1. The van der Waals surface area contributed by atoms with Gasteiger partial charge in [-0.25, -0.2) is 4.39 Å². The predicted octanol–water partition coefficient (Wildman–Crippen LogP) is 5.48. The Kier molecular flexibility index (Phi) is 6.06. The van der Waals surface area contributed by atoms with Crippen LogP contribution in [0.25, 0.3) is 5.57 Å². The predicted molar refractivity (Wildman–Crippen MR) is 117 cm³/mol. The van der Waals surface area contributed by atoms with Crippen molar-refractivity contribution in [3.63, 3.8) is 0 Å². The molecule has 0 N–H and O–H groups in total. The molecule has 3 rings (SSSR count). The van der Waals surface area contributed by atoms with Crippen molar-refractivity contribution in [2.75, 3.05) is 25.1 Å². The highest BCUT2D eigenvalue weighted by molar-refractivity contribution is 5.77. The molecule has 1 aliphatic heterocycles. The number of rotatable bonds is 6. The van der Waals surface area contributed by atoms with Crippen LogP contribution in [0.5, 0.6) is 5.88 Å². The van der Waals surface area contributed by atoms with Crippen molar-refractivity contribution in [3.05, 3.63) is 84.0 Å². The number of methoxy groups -OCH3 is 1. The topological polar surface area (TPSA) is 28.6 Å². The van der Waals surface area contributed by atoms with Gasteiger partial charge in [-0.15, -0.1) is 0 Å². The van der Waals surface area contributed by atoms with E-state index < -0.39 is 0 Å². The van der Waals surface area contributed by atoms with E-state index in [2.05, 4.69) is 29.9 Å². The summed E-state index contributed by atoms with van der Waals surface area (Å²) in [6.07, 6.45) is 3.77. The summed E-state index contributed by atoms with van der Waals surface area (Å²) in [4.78, 5) is 9.01. The number of allylic oxidation sites excluding steroid dienone is 3. The Balaban J connectivity index is 1.85. The monoisotopic (exact) mass is 393 g/mol. The summed E-state index contributed by atoms with van der Waals surface area (Å²) < 4.78 is 19.2. The Morgan fingerprint density at radius 3 is 2.66 bits per heavy atom. The molecule has 152 valence electrons. The number of aromatic nitrogens is 1. The first kappa shape index (κ1) is 20.6. The maximum absolute atomic E-state index is 13.6. The number of pyridine rings is 1. The third-order valence-corrected chi connectivity index (χ3v) is 5.50. The highest BCUT2D eigenvalue weighted by atomic mass is 19.1. The summed E-state index contributed by atoms with van der Waals surface area (Å²) in [6.45, 7) is 15.6. The first-order chi connectivity index (χ1) is 13.9. The first-order valence-electron chi connectivity index (χ1n) is 9.74. The normalized spacial score (nSPS) is 15.6. The molecule has 2 aromatic rings. The number of aryl methyl sites for hydroxylation is 1. The fourth-order valence-corrected chi connectivity index (χ4v) is 3.73. The van der Waals surface area contributed by atoms with E-state index in [0.717, 1.165) is 41.4 Å². The molecule has 2 heterocycles. The average molecular weight is 394 g/mol. The molecule has 1 aliphatic rings. The van der Waals surface area contributed by atoms with Gasteiger partial charge < -0.3 is 14.5 Å². The van der Waals surface area contributed by atoms with Crippen LogP contribution in [-0.4, -0.2) is 30.1 Å². The van der Waals surface area contributed by atoms with E-state index in [9.17, 15) is 4.39 Å². The molecule has 1 aromatic carbocycles. The summed E-state index contributed by atoms with van der Waals surface area (Å²) in [7, 11) is 1.62. The van der Waals surface area contributed by atoms with Crippen LogP contribution in [0.15, 0.2) is 61.5 Å². The molecule has 1 unspecified atom stereocenters. The summed E-state index contributed by atoms with van der Waals surface area (Å²) >= 11 is 0. The zero-order valence-electron chi connectivity index (χ0n) is 17.6. The van der Waals surface area contributed by atoms with Gasteiger partial charge in [-0.2, -0.15) is 4.98 Å². The maximum Gasteiger partial charge on any atom is 0.223 e. The van der Waals surface area contributed by atoms with E-state index in [1.165, 1.54) is 6.07 Å². The Labute approximate surface area is 172 Å². The second kappa shape index (κ2) is 8.52. The van der Waals surface area contributed by atoms with Crippen LogP contribution < -0.4 is 9.64 Å². The van der Waals surface area contributed by atoms with Crippen LogP contribution in [0.4, 0.5) is 10.2 Å². The molecule has 5 heteroatoms. The van der Waals surface area contributed by atoms with Crippen LogP contribution in [0.2, 0.25) is 0 Å². The molecular weight excluding hydrogens is 365 g/mol. The van der Waals surface area contributed by atoms with Crippen molar-refractivity contribution < 1.29 is 9.13 Å². The minimum atomic E-state index is -0.181. The molecule has 1 atom stereocenters. The summed E-state index contributed by atoms with van der Waals surface area (Å²) in [6, 6.07) is 9.34. The highest BCUT2D eigenvalue weighted by Gasteiger charge is 2.30. The van der Waals surface area contributed by atoms with Gasteiger partial charge in [0.15, 0.2) is 0 Å². The van der Waals surface area contributed by atoms with Gasteiger partial charge in [0.25, 0.3) is 0 Å². The lowest BCUT2D eigenvalue weighted by Gasteiger charge is -2.29. The van der Waals surface area contributed by atoms with E-state index in [-0.39, 0.29) is 11.9 Å². The van der Waals surface area contributed by atoms with Gasteiger partial charge in [0.2, 0.25) is 5.88 Å². The summed E-state index contributed by atoms with van der Waals surface area (Å²) in [5.41, 5.74) is 3.60. The molecule has 1 saturated heterocycles. The Bertz CT molecular complexity index is 967. The van der Waals surface area contributed by atoms with Gasteiger partial charge in [-0.1, -0.05) is 37.4 Å². The Morgan fingerprint density at radius 2 is 2.03 bits per heavy atom. The van der Waals surface area contributed by atoms with Gasteiger partial charge >= 0.3 is 0 Å². The lowest BCUT2D eigenvalue weighted by Crippen LogP contribution is -2.25. The quantitative estimate of drug-likeness (QED) is 0.608. The van der Waals surface area contributed by atoms with Crippen molar-refractivity contribution in [1.82, 2.24) is 9.88 Å². The standard InChI is InChI=1S/C24H28FN3O/c1-7-19(8-2)21-10-12-23(26-24(21)29-6)28-14-13-27(18(28)5)17(4)20-9-11-22(25)16(3)15-20/h7-12,15,17H,1,5,13-14H2,2-4,6H3/b19-8+.